The third kappa shape index (κ3) is 36.2. The summed E-state index contributed by atoms with van der Waals surface area (Å²) in [6.07, 6.45) is 51.1. The molecule has 5 nitrogen and oxygen atoms in total. The zero-order chi connectivity index (χ0) is 35.0. The molecule has 0 aromatic rings. The van der Waals surface area contributed by atoms with E-state index in [9.17, 15) is 14.7 Å². The molecule has 0 aromatic heterocycles. The van der Waals surface area contributed by atoms with Gasteiger partial charge in [-0.15, -0.1) is 0 Å². The Morgan fingerprint density at radius 1 is 0.500 bits per heavy atom. The lowest BCUT2D eigenvalue weighted by atomic mass is 10.0. The van der Waals surface area contributed by atoms with Gasteiger partial charge in [-0.2, -0.15) is 0 Å². The molecule has 0 aromatic carbocycles. The van der Waals surface area contributed by atoms with Crippen molar-refractivity contribution in [2.45, 2.75) is 174 Å². The zero-order valence-corrected chi connectivity index (χ0v) is 31.0. The number of carbonyl (C=O) groups is 2. The summed E-state index contributed by atoms with van der Waals surface area (Å²) in [6, 6.07) is 0. The first-order valence-corrected chi connectivity index (χ1v) is 19.5. The van der Waals surface area contributed by atoms with E-state index < -0.39 is 12.1 Å². The second kappa shape index (κ2) is 38.8. The van der Waals surface area contributed by atoms with Crippen molar-refractivity contribution in [3.8, 4) is 0 Å². The quantitative estimate of drug-likeness (QED) is 0.0420. The van der Waals surface area contributed by atoms with Crippen molar-refractivity contribution in [2.75, 3.05) is 13.2 Å². The molecule has 0 rings (SSSR count). The molecule has 1 N–H and O–H groups in total. The molecule has 0 saturated carbocycles. The van der Waals surface area contributed by atoms with Crippen LogP contribution in [0.4, 0.5) is 0 Å². The third-order valence-corrected chi connectivity index (χ3v) is 8.03. The fourth-order valence-corrected chi connectivity index (χ4v) is 5.11. The summed E-state index contributed by atoms with van der Waals surface area (Å²) in [5.74, 6) is -0.691. The van der Waals surface area contributed by atoms with Crippen molar-refractivity contribution in [3.05, 3.63) is 72.9 Å². The summed E-state index contributed by atoms with van der Waals surface area (Å²) in [4.78, 5) is 24.2. The summed E-state index contributed by atoms with van der Waals surface area (Å²) < 4.78 is 10.5. The van der Waals surface area contributed by atoms with E-state index in [2.05, 4.69) is 74.6 Å². The maximum atomic E-state index is 12.1. The van der Waals surface area contributed by atoms with Crippen LogP contribution < -0.4 is 0 Å². The predicted molar refractivity (Wildman–Crippen MR) is 205 cm³/mol. The Morgan fingerprint density at radius 2 is 0.896 bits per heavy atom. The van der Waals surface area contributed by atoms with E-state index in [0.29, 0.717) is 12.8 Å². The SMILES string of the molecule is CC/C=C\C/C=C\C/C=C\C/C=C\C/C=C\C/C=C\CCC(=O)OC(CO)COC(=O)CCCCCCCCCCCCCCCCC. The third-order valence-electron chi connectivity index (χ3n) is 8.03. The number of rotatable bonds is 34. The molecule has 0 aliphatic carbocycles. The first kappa shape index (κ1) is 45.3. The molecule has 0 aliphatic heterocycles. The van der Waals surface area contributed by atoms with E-state index in [-0.39, 0.29) is 25.6 Å². The van der Waals surface area contributed by atoms with Gasteiger partial charge in [0.05, 0.1) is 6.61 Å². The largest absolute Gasteiger partial charge is 0.462 e. The average molecular weight is 669 g/mol. The summed E-state index contributed by atoms with van der Waals surface area (Å²) in [7, 11) is 0. The van der Waals surface area contributed by atoms with Crippen LogP contribution in [0.25, 0.3) is 0 Å². The lowest BCUT2D eigenvalue weighted by molar-refractivity contribution is -0.161. The first-order chi connectivity index (χ1) is 23.6. The van der Waals surface area contributed by atoms with Gasteiger partial charge in [-0.05, 0) is 51.4 Å². The highest BCUT2D eigenvalue weighted by Gasteiger charge is 2.15. The van der Waals surface area contributed by atoms with Crippen LogP contribution in [0.1, 0.15) is 168 Å². The Labute approximate surface area is 295 Å². The molecule has 0 radical (unpaired) electrons. The van der Waals surface area contributed by atoms with Crippen molar-refractivity contribution in [1.82, 2.24) is 0 Å². The number of aliphatic hydroxyl groups excluding tert-OH is 1. The molecule has 0 spiro atoms. The fraction of sp³-hybridized carbons (Fsp3) is 0.674. The highest BCUT2D eigenvalue weighted by Crippen LogP contribution is 2.14. The molecule has 0 heterocycles. The van der Waals surface area contributed by atoms with Crippen molar-refractivity contribution < 1.29 is 24.2 Å². The van der Waals surface area contributed by atoms with Gasteiger partial charge in [-0.3, -0.25) is 9.59 Å². The van der Waals surface area contributed by atoms with Gasteiger partial charge in [0, 0.05) is 12.8 Å². The molecule has 5 heteroatoms. The number of hydrogen-bond donors (Lipinski definition) is 1. The molecule has 274 valence electrons. The van der Waals surface area contributed by atoms with Gasteiger partial charge < -0.3 is 14.6 Å². The number of ether oxygens (including phenoxy) is 2. The molecule has 0 fully saturated rings. The van der Waals surface area contributed by atoms with E-state index in [0.717, 1.165) is 57.8 Å². The molecule has 0 saturated heterocycles. The lowest BCUT2D eigenvalue weighted by Gasteiger charge is -2.15. The number of carbonyl (C=O) groups excluding carboxylic acids is 2. The second-order valence-electron chi connectivity index (χ2n) is 12.6. The summed E-state index contributed by atoms with van der Waals surface area (Å²) in [5, 5.41) is 9.54. The van der Waals surface area contributed by atoms with Crippen LogP contribution in [0.5, 0.6) is 0 Å². The minimum atomic E-state index is -0.812. The van der Waals surface area contributed by atoms with Gasteiger partial charge in [0.25, 0.3) is 0 Å². The predicted octanol–water partition coefficient (Wildman–Crippen LogP) is 12.2. The highest BCUT2D eigenvalue weighted by atomic mass is 16.6. The molecule has 0 aliphatic rings. The maximum absolute atomic E-state index is 12.1. The van der Waals surface area contributed by atoms with Crippen LogP contribution in [-0.2, 0) is 19.1 Å². The Kier molecular flexibility index (Phi) is 36.6. The number of esters is 2. The number of aliphatic hydroxyl groups is 1. The van der Waals surface area contributed by atoms with Crippen molar-refractivity contribution in [2.24, 2.45) is 0 Å². The number of unbranched alkanes of at least 4 members (excludes halogenated alkanes) is 14. The van der Waals surface area contributed by atoms with Crippen LogP contribution >= 0.6 is 0 Å². The molecular formula is C43H72O5. The first-order valence-electron chi connectivity index (χ1n) is 19.5. The minimum absolute atomic E-state index is 0.0975. The van der Waals surface area contributed by atoms with E-state index >= 15 is 0 Å². The Balaban J connectivity index is 3.71. The molecular weight excluding hydrogens is 596 g/mol. The highest BCUT2D eigenvalue weighted by molar-refractivity contribution is 5.70. The molecule has 48 heavy (non-hydrogen) atoms. The fourth-order valence-electron chi connectivity index (χ4n) is 5.11. The lowest BCUT2D eigenvalue weighted by Crippen LogP contribution is -2.28. The van der Waals surface area contributed by atoms with Gasteiger partial charge in [0.1, 0.15) is 6.61 Å². The summed E-state index contributed by atoms with van der Waals surface area (Å²) in [5.41, 5.74) is 0. The van der Waals surface area contributed by atoms with Gasteiger partial charge >= 0.3 is 11.9 Å². The van der Waals surface area contributed by atoms with E-state index in [4.69, 9.17) is 9.47 Å². The Hall–Kier alpha value is -2.66. The standard InChI is InChI=1S/C43H72O5/c1-3-5-7-9-11-13-15-17-19-20-21-22-24-26-28-30-32-34-36-38-43(46)48-41(39-44)40-47-42(45)37-35-33-31-29-27-25-23-18-16-14-12-10-8-6-4-2/h5,7,11,13,17,19,21-22,26,28,32,34,41,44H,3-4,6,8-10,12,14-16,18,20,23-25,27,29-31,33,35-40H2,1-2H3/b7-5-,13-11-,19-17-,22-21-,28-26-,34-32-. The monoisotopic (exact) mass is 669 g/mol. The van der Waals surface area contributed by atoms with Crippen LogP contribution in [0.15, 0.2) is 72.9 Å². The zero-order valence-electron chi connectivity index (χ0n) is 31.0. The smallest absolute Gasteiger partial charge is 0.306 e. The van der Waals surface area contributed by atoms with Crippen molar-refractivity contribution >= 4 is 11.9 Å². The second-order valence-corrected chi connectivity index (χ2v) is 12.6. The van der Waals surface area contributed by atoms with Gasteiger partial charge in [0.15, 0.2) is 6.10 Å². The van der Waals surface area contributed by atoms with Crippen LogP contribution in [0.3, 0.4) is 0 Å². The van der Waals surface area contributed by atoms with Gasteiger partial charge in [-0.1, -0.05) is 177 Å². The van der Waals surface area contributed by atoms with Crippen LogP contribution in [0.2, 0.25) is 0 Å². The normalized spacial score (nSPS) is 13.0. The molecule has 0 bridgehead atoms. The summed E-state index contributed by atoms with van der Waals surface area (Å²) >= 11 is 0. The van der Waals surface area contributed by atoms with Crippen LogP contribution in [-0.4, -0.2) is 36.4 Å². The van der Waals surface area contributed by atoms with Crippen LogP contribution in [0, 0.1) is 0 Å². The van der Waals surface area contributed by atoms with E-state index in [1.165, 1.54) is 77.0 Å². The molecule has 1 atom stereocenters. The Morgan fingerprint density at radius 3 is 1.31 bits per heavy atom. The van der Waals surface area contributed by atoms with E-state index in [1.807, 2.05) is 12.2 Å². The maximum Gasteiger partial charge on any atom is 0.306 e. The molecule has 0 amide bonds. The summed E-state index contributed by atoms with van der Waals surface area (Å²) in [6.45, 7) is 3.95. The Bertz CT molecular complexity index is 895. The number of hydrogen-bond acceptors (Lipinski definition) is 5. The number of allylic oxidation sites excluding steroid dienone is 12. The van der Waals surface area contributed by atoms with Crippen molar-refractivity contribution in [3.63, 3.8) is 0 Å². The van der Waals surface area contributed by atoms with E-state index in [1.54, 1.807) is 0 Å². The van der Waals surface area contributed by atoms with Gasteiger partial charge in [0.2, 0.25) is 0 Å². The average Bonchev–Trinajstić information content (AvgIpc) is 3.09. The molecule has 1 unspecified atom stereocenters. The van der Waals surface area contributed by atoms with Crippen molar-refractivity contribution in [1.29, 1.82) is 0 Å². The minimum Gasteiger partial charge on any atom is -0.462 e. The van der Waals surface area contributed by atoms with Gasteiger partial charge in [-0.25, -0.2) is 0 Å². The topological polar surface area (TPSA) is 72.8 Å².